The Bertz CT molecular complexity index is 854. The maximum absolute atomic E-state index is 14.3. The van der Waals surface area contributed by atoms with Crippen LogP contribution in [0.2, 0.25) is 0 Å². The number of nitriles is 1. The van der Waals surface area contributed by atoms with Crippen LogP contribution in [0.5, 0.6) is 5.75 Å². The summed E-state index contributed by atoms with van der Waals surface area (Å²) in [5.41, 5.74) is 0.235. The van der Waals surface area contributed by atoms with Crippen molar-refractivity contribution in [3.63, 3.8) is 0 Å². The van der Waals surface area contributed by atoms with Gasteiger partial charge in [0.2, 0.25) is 0 Å². The minimum atomic E-state index is -0.635. The lowest BCUT2D eigenvalue weighted by Gasteiger charge is -2.46. The molecule has 0 amide bonds. The Morgan fingerprint density at radius 3 is 2.53 bits per heavy atom. The summed E-state index contributed by atoms with van der Waals surface area (Å²) in [6, 6.07) is 5.96. The summed E-state index contributed by atoms with van der Waals surface area (Å²) in [7, 11) is 0. The molecule has 3 nitrogen and oxygen atoms in total. The van der Waals surface area contributed by atoms with Gasteiger partial charge in [0.15, 0.2) is 11.6 Å². The number of hydrogen-bond donors (Lipinski definition) is 0. The van der Waals surface area contributed by atoms with Crippen molar-refractivity contribution in [2.24, 2.45) is 35.5 Å². The molecule has 0 bridgehead atoms. The number of carbonyl (C=O) groups is 1. The van der Waals surface area contributed by atoms with Crippen LogP contribution in [0.1, 0.15) is 109 Å². The van der Waals surface area contributed by atoms with Crippen LogP contribution in [0, 0.1) is 52.7 Å². The molecule has 0 radical (unpaired) electrons. The molecular formula is C30H42FNO2. The first-order valence-corrected chi connectivity index (χ1v) is 14.0. The van der Waals surface area contributed by atoms with Gasteiger partial charge in [-0.1, -0.05) is 64.7 Å². The van der Waals surface area contributed by atoms with Gasteiger partial charge < -0.3 is 4.74 Å². The van der Waals surface area contributed by atoms with E-state index in [-0.39, 0.29) is 23.2 Å². The Kier molecular flexibility index (Phi) is 9.04. The Labute approximate surface area is 205 Å². The smallest absolute Gasteiger partial charge is 0.314 e. The second-order valence-corrected chi connectivity index (χ2v) is 11.3. The van der Waals surface area contributed by atoms with E-state index >= 15 is 0 Å². The van der Waals surface area contributed by atoms with Crippen molar-refractivity contribution in [1.29, 1.82) is 5.26 Å². The van der Waals surface area contributed by atoms with Crippen molar-refractivity contribution in [1.82, 2.24) is 0 Å². The van der Waals surface area contributed by atoms with Gasteiger partial charge in [-0.15, -0.1) is 0 Å². The van der Waals surface area contributed by atoms with E-state index < -0.39 is 5.82 Å². The fourth-order valence-electron chi connectivity index (χ4n) is 7.37. The summed E-state index contributed by atoms with van der Waals surface area (Å²) in [6.45, 7) is 2.28. The Morgan fingerprint density at radius 1 is 1.00 bits per heavy atom. The molecule has 4 rings (SSSR count). The average Bonchev–Trinajstić information content (AvgIpc) is 2.87. The summed E-state index contributed by atoms with van der Waals surface area (Å²) in [4.78, 5) is 13.0. The molecule has 3 aliphatic carbocycles. The van der Waals surface area contributed by atoms with Crippen LogP contribution in [0.15, 0.2) is 18.2 Å². The highest BCUT2D eigenvalue weighted by molar-refractivity contribution is 5.75. The number of fused-ring (bicyclic) bond motifs is 1. The fourth-order valence-corrected chi connectivity index (χ4v) is 7.37. The quantitative estimate of drug-likeness (QED) is 0.220. The van der Waals surface area contributed by atoms with E-state index in [9.17, 15) is 9.18 Å². The van der Waals surface area contributed by atoms with E-state index in [2.05, 4.69) is 6.92 Å². The average molecular weight is 468 g/mol. The standard InChI is InChI=1S/C30H42FNO2/c1-2-3-4-5-7-21-10-13-23(14-11-21)24-15-16-26-25(19-24)8-6-9-27(26)30(33)34-29-17-12-22(20-32)18-28(29)31/h12,17-18,21,23-27H,2-11,13-16,19H2,1H3. The number of carbonyl (C=O) groups excluding carboxylic acids is 1. The number of ether oxygens (including phenoxy) is 1. The molecule has 186 valence electrons. The van der Waals surface area contributed by atoms with E-state index in [1.165, 1.54) is 89.2 Å². The zero-order chi connectivity index (χ0) is 23.9. The van der Waals surface area contributed by atoms with Crippen LogP contribution in [0.3, 0.4) is 0 Å². The second-order valence-electron chi connectivity index (χ2n) is 11.3. The van der Waals surface area contributed by atoms with E-state index in [4.69, 9.17) is 10.00 Å². The molecule has 4 atom stereocenters. The minimum Gasteiger partial charge on any atom is -0.423 e. The van der Waals surface area contributed by atoms with Gasteiger partial charge in [-0.25, -0.2) is 4.39 Å². The van der Waals surface area contributed by atoms with Crippen LogP contribution < -0.4 is 4.74 Å². The molecule has 0 aromatic heterocycles. The maximum Gasteiger partial charge on any atom is 0.314 e. The molecule has 0 saturated heterocycles. The first kappa shape index (κ1) is 25.2. The highest BCUT2D eigenvalue weighted by Crippen LogP contribution is 2.50. The van der Waals surface area contributed by atoms with E-state index in [1.54, 1.807) is 0 Å². The first-order chi connectivity index (χ1) is 16.6. The third-order valence-corrected chi connectivity index (χ3v) is 9.29. The third-order valence-electron chi connectivity index (χ3n) is 9.29. The molecule has 0 aliphatic heterocycles. The predicted molar refractivity (Wildman–Crippen MR) is 133 cm³/mol. The van der Waals surface area contributed by atoms with Crippen molar-refractivity contribution < 1.29 is 13.9 Å². The van der Waals surface area contributed by atoms with Crippen molar-refractivity contribution in [2.45, 2.75) is 103 Å². The monoisotopic (exact) mass is 467 g/mol. The van der Waals surface area contributed by atoms with Crippen LogP contribution in [0.25, 0.3) is 0 Å². The van der Waals surface area contributed by atoms with Gasteiger partial charge in [-0.2, -0.15) is 5.26 Å². The number of esters is 1. The number of rotatable bonds is 8. The molecule has 1 aromatic rings. The lowest BCUT2D eigenvalue weighted by molar-refractivity contribution is -0.144. The van der Waals surface area contributed by atoms with E-state index in [0.717, 1.165) is 43.1 Å². The summed E-state index contributed by atoms with van der Waals surface area (Å²) < 4.78 is 19.8. The van der Waals surface area contributed by atoms with Gasteiger partial charge in [-0.3, -0.25) is 4.79 Å². The zero-order valence-corrected chi connectivity index (χ0v) is 20.9. The predicted octanol–water partition coefficient (Wildman–Crippen LogP) is 8.21. The minimum absolute atomic E-state index is 0.0498. The maximum atomic E-state index is 14.3. The molecule has 3 aliphatic rings. The molecule has 0 N–H and O–H groups in total. The number of unbranched alkanes of at least 4 members (excludes halogenated alkanes) is 3. The van der Waals surface area contributed by atoms with Gasteiger partial charge in [0.1, 0.15) is 0 Å². The van der Waals surface area contributed by atoms with Crippen LogP contribution in [-0.4, -0.2) is 5.97 Å². The lowest BCUT2D eigenvalue weighted by atomic mass is 9.59. The molecule has 0 heterocycles. The number of nitrogens with zero attached hydrogens (tertiary/aromatic N) is 1. The summed E-state index contributed by atoms with van der Waals surface area (Å²) >= 11 is 0. The molecule has 4 heteroatoms. The summed E-state index contributed by atoms with van der Waals surface area (Å²) in [5.74, 6) is 2.59. The topological polar surface area (TPSA) is 50.1 Å². The van der Waals surface area contributed by atoms with Gasteiger partial charge in [0, 0.05) is 0 Å². The summed E-state index contributed by atoms with van der Waals surface area (Å²) in [5, 5.41) is 8.92. The Hall–Kier alpha value is -1.89. The number of hydrogen-bond acceptors (Lipinski definition) is 3. The molecule has 0 spiro atoms. The van der Waals surface area contributed by atoms with Crippen LogP contribution in [-0.2, 0) is 4.79 Å². The lowest BCUT2D eigenvalue weighted by Crippen LogP contribution is -2.40. The molecule has 34 heavy (non-hydrogen) atoms. The highest BCUT2D eigenvalue weighted by Gasteiger charge is 2.43. The highest BCUT2D eigenvalue weighted by atomic mass is 19.1. The van der Waals surface area contributed by atoms with Crippen LogP contribution in [0.4, 0.5) is 4.39 Å². The van der Waals surface area contributed by atoms with Gasteiger partial charge in [0.25, 0.3) is 0 Å². The molecular weight excluding hydrogens is 425 g/mol. The Morgan fingerprint density at radius 2 is 1.79 bits per heavy atom. The van der Waals surface area contributed by atoms with Crippen molar-refractivity contribution in [3.8, 4) is 11.8 Å². The van der Waals surface area contributed by atoms with Crippen molar-refractivity contribution in [3.05, 3.63) is 29.6 Å². The first-order valence-electron chi connectivity index (χ1n) is 14.0. The normalized spacial score (nSPS) is 31.3. The number of benzene rings is 1. The molecule has 1 aromatic carbocycles. The third kappa shape index (κ3) is 6.21. The number of halogens is 1. The fraction of sp³-hybridized carbons (Fsp3) is 0.733. The van der Waals surface area contributed by atoms with Gasteiger partial charge in [0.05, 0.1) is 17.6 Å². The Balaban J connectivity index is 1.27. The van der Waals surface area contributed by atoms with Gasteiger partial charge in [-0.05, 0) is 86.3 Å². The molecule has 3 fully saturated rings. The largest absolute Gasteiger partial charge is 0.423 e. The van der Waals surface area contributed by atoms with Gasteiger partial charge >= 0.3 is 5.97 Å². The van der Waals surface area contributed by atoms with Crippen molar-refractivity contribution >= 4 is 5.97 Å². The van der Waals surface area contributed by atoms with Crippen molar-refractivity contribution in [2.75, 3.05) is 0 Å². The van der Waals surface area contributed by atoms with Crippen LogP contribution >= 0.6 is 0 Å². The van der Waals surface area contributed by atoms with E-state index in [1.807, 2.05) is 6.07 Å². The SMILES string of the molecule is CCCCCCC1CCC(C2CCC3C(CCCC3C(=O)Oc3ccc(C#N)cc3F)C2)CC1. The summed E-state index contributed by atoms with van der Waals surface area (Å²) in [6.07, 6.45) is 19.4. The molecule has 4 unspecified atom stereocenters. The molecule has 3 saturated carbocycles. The second kappa shape index (κ2) is 12.2. The zero-order valence-electron chi connectivity index (χ0n) is 20.9. The van der Waals surface area contributed by atoms with E-state index in [0.29, 0.717) is 11.8 Å².